The Labute approximate surface area is 206 Å². The molecule has 4 nitrogen and oxygen atoms in total. The predicted molar refractivity (Wildman–Crippen MR) is 136 cm³/mol. The fraction of sp³-hybridized carbons (Fsp3) is 0.517. The number of esters is 1. The van der Waals surface area contributed by atoms with E-state index < -0.39 is 0 Å². The smallest absolute Gasteiger partial charge is 0.338 e. The molecule has 178 valence electrons. The van der Waals surface area contributed by atoms with Gasteiger partial charge in [0, 0.05) is 11.1 Å². The predicted octanol–water partition coefficient (Wildman–Crippen LogP) is 6.46. The zero-order valence-electron chi connectivity index (χ0n) is 20.1. The van der Waals surface area contributed by atoms with Crippen molar-refractivity contribution in [2.24, 2.45) is 23.2 Å². The third-order valence-corrected chi connectivity index (χ3v) is 9.81. The summed E-state index contributed by atoms with van der Waals surface area (Å²) in [6.45, 7) is 4.61. The maximum Gasteiger partial charge on any atom is 0.338 e. The summed E-state index contributed by atoms with van der Waals surface area (Å²) in [6, 6.07) is 14.0. The molecule has 4 aliphatic carbocycles. The molecular formula is C29H33NO3S. The van der Waals surface area contributed by atoms with Gasteiger partial charge < -0.3 is 4.74 Å². The zero-order valence-corrected chi connectivity index (χ0v) is 20.9. The Bertz CT molecular complexity index is 1090. The number of anilines is 1. The first-order valence-electron chi connectivity index (χ1n) is 12.7. The van der Waals surface area contributed by atoms with Crippen LogP contribution in [0, 0.1) is 37.0 Å². The van der Waals surface area contributed by atoms with Crippen LogP contribution in [-0.4, -0.2) is 24.2 Å². The Hall–Kier alpha value is -2.27. The van der Waals surface area contributed by atoms with Crippen molar-refractivity contribution in [1.29, 1.82) is 0 Å². The van der Waals surface area contributed by atoms with Crippen LogP contribution in [0.15, 0.2) is 42.5 Å². The quantitative estimate of drug-likeness (QED) is 0.466. The van der Waals surface area contributed by atoms with E-state index in [1.807, 2.05) is 30.0 Å². The van der Waals surface area contributed by atoms with Crippen LogP contribution in [0.2, 0.25) is 0 Å². The van der Waals surface area contributed by atoms with E-state index in [9.17, 15) is 9.59 Å². The molecule has 4 bridgehead atoms. The number of rotatable bonds is 5. The maximum absolute atomic E-state index is 13.0. The maximum atomic E-state index is 13.0. The summed E-state index contributed by atoms with van der Waals surface area (Å²) in [4.78, 5) is 27.7. The Morgan fingerprint density at radius 1 is 1.00 bits per heavy atom. The lowest BCUT2D eigenvalue weighted by molar-refractivity contribution is -0.115. The molecule has 5 fully saturated rings. The molecule has 1 amide bonds. The molecule has 0 N–H and O–H groups in total. The first-order valence-corrected chi connectivity index (χ1v) is 13.7. The van der Waals surface area contributed by atoms with E-state index in [2.05, 4.69) is 31.2 Å². The van der Waals surface area contributed by atoms with Crippen molar-refractivity contribution < 1.29 is 14.3 Å². The molecule has 2 aromatic rings. The number of hydrogen-bond donors (Lipinski definition) is 0. The monoisotopic (exact) mass is 475 g/mol. The summed E-state index contributed by atoms with van der Waals surface area (Å²) in [5, 5.41) is -0.0410. The van der Waals surface area contributed by atoms with Crippen molar-refractivity contribution in [3.05, 3.63) is 64.7 Å². The average molecular weight is 476 g/mol. The fourth-order valence-electron chi connectivity index (χ4n) is 7.48. The minimum atomic E-state index is -0.234. The molecule has 0 aromatic heterocycles. The van der Waals surface area contributed by atoms with Crippen LogP contribution < -0.4 is 4.90 Å². The molecule has 5 heteroatoms. The van der Waals surface area contributed by atoms with E-state index in [0.717, 1.165) is 34.6 Å². The highest BCUT2D eigenvalue weighted by Gasteiger charge is 2.51. The number of ether oxygens (including phenoxy) is 1. The lowest BCUT2D eigenvalue weighted by Gasteiger charge is -2.56. The van der Waals surface area contributed by atoms with Gasteiger partial charge in [0.15, 0.2) is 0 Å². The second-order valence-electron chi connectivity index (χ2n) is 11.3. The Kier molecular flexibility index (Phi) is 5.51. The van der Waals surface area contributed by atoms with Crippen molar-refractivity contribution >= 4 is 29.3 Å². The van der Waals surface area contributed by atoms with Gasteiger partial charge in [-0.2, -0.15) is 0 Å². The van der Waals surface area contributed by atoms with Gasteiger partial charge in [-0.3, -0.25) is 9.69 Å². The largest absolute Gasteiger partial charge is 0.462 e. The minimum absolute atomic E-state index is 0.0410. The van der Waals surface area contributed by atoms with Gasteiger partial charge in [0.1, 0.15) is 5.37 Å². The van der Waals surface area contributed by atoms with Crippen molar-refractivity contribution in [2.75, 3.05) is 17.3 Å². The van der Waals surface area contributed by atoms with Gasteiger partial charge >= 0.3 is 5.97 Å². The van der Waals surface area contributed by atoms with Crippen LogP contribution in [0.3, 0.4) is 0 Å². The van der Waals surface area contributed by atoms with Crippen molar-refractivity contribution in [2.45, 2.75) is 57.7 Å². The summed E-state index contributed by atoms with van der Waals surface area (Å²) in [5.74, 6) is 2.89. The Balaban J connectivity index is 1.17. The molecule has 34 heavy (non-hydrogen) atoms. The number of carbonyl (C=O) groups is 2. The highest BCUT2D eigenvalue weighted by atomic mass is 32.2. The van der Waals surface area contributed by atoms with E-state index in [-0.39, 0.29) is 22.7 Å². The Morgan fingerprint density at radius 2 is 1.65 bits per heavy atom. The van der Waals surface area contributed by atoms with Crippen molar-refractivity contribution in [1.82, 2.24) is 0 Å². The van der Waals surface area contributed by atoms with E-state index in [1.165, 1.54) is 44.1 Å². The summed E-state index contributed by atoms with van der Waals surface area (Å²) < 4.78 is 5.93. The number of nitrogens with zero attached hydrogens (tertiary/aromatic N) is 1. The van der Waals surface area contributed by atoms with Crippen LogP contribution in [0.4, 0.5) is 5.69 Å². The molecular weight excluding hydrogens is 442 g/mol. The molecule has 1 unspecified atom stereocenters. The van der Waals surface area contributed by atoms with Crippen LogP contribution >= 0.6 is 11.8 Å². The summed E-state index contributed by atoms with van der Waals surface area (Å²) >= 11 is 1.65. The molecule has 4 saturated carbocycles. The normalized spacial score (nSPS) is 31.8. The number of amides is 1. The second kappa shape index (κ2) is 8.44. The lowest BCUT2D eigenvalue weighted by Crippen LogP contribution is -2.48. The van der Waals surface area contributed by atoms with E-state index >= 15 is 0 Å². The van der Waals surface area contributed by atoms with Gasteiger partial charge in [-0.1, -0.05) is 29.8 Å². The molecule has 7 rings (SSSR count). The summed E-state index contributed by atoms with van der Waals surface area (Å²) in [7, 11) is 0. The standard InChI is InChI=1S/C29H33NO3S/c1-18-3-5-23(6-4-18)27-30(26(31)16-34-27)25-8-7-24(9-19(25)2)28(32)33-17-29-13-20-10-21(14-29)12-22(11-20)15-29/h3-9,20-22,27H,10-17H2,1-2H3. The molecule has 5 aliphatic rings. The number of benzene rings is 2. The van der Waals surface area contributed by atoms with Crippen molar-refractivity contribution in [3.63, 3.8) is 0 Å². The van der Waals surface area contributed by atoms with Crippen LogP contribution in [0.1, 0.15) is 70.9 Å². The molecule has 1 aliphatic heterocycles. The highest BCUT2D eigenvalue weighted by molar-refractivity contribution is 8.00. The third kappa shape index (κ3) is 3.96. The number of thioether (sulfide) groups is 1. The van der Waals surface area contributed by atoms with E-state index in [1.54, 1.807) is 11.8 Å². The number of hydrogen-bond acceptors (Lipinski definition) is 4. The van der Waals surface area contributed by atoms with Gasteiger partial charge in [0.2, 0.25) is 5.91 Å². The second-order valence-corrected chi connectivity index (χ2v) is 12.4. The minimum Gasteiger partial charge on any atom is -0.462 e. The first-order chi connectivity index (χ1) is 16.4. The summed E-state index contributed by atoms with van der Waals surface area (Å²) in [6.07, 6.45) is 7.89. The van der Waals surface area contributed by atoms with Crippen LogP contribution in [0.5, 0.6) is 0 Å². The van der Waals surface area contributed by atoms with Gasteiger partial charge in [0.25, 0.3) is 0 Å². The zero-order chi connectivity index (χ0) is 23.4. The first kappa shape index (κ1) is 22.2. The molecule has 2 aromatic carbocycles. The fourth-order valence-corrected chi connectivity index (χ4v) is 8.65. The summed E-state index contributed by atoms with van der Waals surface area (Å²) in [5.41, 5.74) is 4.93. The molecule has 1 atom stereocenters. The van der Waals surface area contributed by atoms with Gasteiger partial charge in [0.05, 0.1) is 17.9 Å². The third-order valence-electron chi connectivity index (χ3n) is 8.60. The molecule has 1 saturated heterocycles. The lowest BCUT2D eigenvalue weighted by atomic mass is 9.50. The molecule has 0 spiro atoms. The van der Waals surface area contributed by atoms with Crippen LogP contribution in [-0.2, 0) is 9.53 Å². The average Bonchev–Trinajstić information content (AvgIpc) is 3.18. The topological polar surface area (TPSA) is 46.6 Å². The molecule has 0 radical (unpaired) electrons. The number of aryl methyl sites for hydroxylation is 2. The molecule has 1 heterocycles. The van der Waals surface area contributed by atoms with Gasteiger partial charge in [-0.25, -0.2) is 4.79 Å². The number of carbonyl (C=O) groups excluding carboxylic acids is 2. The SMILES string of the molecule is Cc1ccc(C2SCC(=O)N2c2ccc(C(=O)OCC34CC5CC(CC(C5)C3)C4)cc2C)cc1. The van der Waals surface area contributed by atoms with Gasteiger partial charge in [-0.05, 0) is 99.5 Å². The van der Waals surface area contributed by atoms with Crippen LogP contribution in [0.25, 0.3) is 0 Å². The van der Waals surface area contributed by atoms with Crippen molar-refractivity contribution in [3.8, 4) is 0 Å². The highest BCUT2D eigenvalue weighted by Crippen LogP contribution is 2.60. The Morgan fingerprint density at radius 3 is 2.26 bits per heavy atom. The van der Waals surface area contributed by atoms with E-state index in [0.29, 0.717) is 17.9 Å². The van der Waals surface area contributed by atoms with E-state index in [4.69, 9.17) is 4.74 Å². The van der Waals surface area contributed by atoms with Gasteiger partial charge in [-0.15, -0.1) is 11.8 Å².